The Morgan fingerprint density at radius 3 is 2.36 bits per heavy atom. The molecule has 0 aliphatic carbocycles. The van der Waals surface area contributed by atoms with E-state index in [2.05, 4.69) is 10.1 Å². The van der Waals surface area contributed by atoms with Gasteiger partial charge in [0.15, 0.2) is 11.5 Å². The minimum absolute atomic E-state index is 0.132. The normalized spacial score (nSPS) is 18.3. The van der Waals surface area contributed by atoms with E-state index in [4.69, 9.17) is 9.26 Å². The summed E-state index contributed by atoms with van der Waals surface area (Å²) in [5, 5.41) is 3.94. The standard InChI is InChI=1S/C20H24N4O4/c25-19(23-10-12-27-13-11-23)15-22-6-8-24(9-7-22)20(26)17-14-18(28-21-17)16-4-2-1-3-5-16/h1-5,14H,6-13,15H2. The van der Waals surface area contributed by atoms with Crippen LogP contribution in [0.1, 0.15) is 10.5 Å². The summed E-state index contributed by atoms with van der Waals surface area (Å²) in [6.45, 7) is 5.42. The van der Waals surface area contributed by atoms with Crippen molar-refractivity contribution in [2.24, 2.45) is 0 Å². The third kappa shape index (κ3) is 4.23. The maximum absolute atomic E-state index is 12.7. The third-order valence-electron chi connectivity index (χ3n) is 5.17. The molecule has 0 unspecified atom stereocenters. The first-order valence-electron chi connectivity index (χ1n) is 9.60. The number of benzene rings is 1. The van der Waals surface area contributed by atoms with Gasteiger partial charge >= 0.3 is 0 Å². The molecule has 2 fully saturated rings. The Balaban J connectivity index is 1.29. The second kappa shape index (κ2) is 8.53. The monoisotopic (exact) mass is 384 g/mol. The average Bonchev–Trinajstić information content (AvgIpc) is 3.25. The van der Waals surface area contributed by atoms with Crippen LogP contribution < -0.4 is 0 Å². The number of carbonyl (C=O) groups excluding carboxylic acids is 2. The number of piperazine rings is 1. The SMILES string of the molecule is O=C(CN1CCN(C(=O)c2cc(-c3ccccc3)on2)CC1)N1CCOCC1. The van der Waals surface area contributed by atoms with Crippen molar-refractivity contribution in [3.05, 3.63) is 42.1 Å². The topological polar surface area (TPSA) is 79.1 Å². The van der Waals surface area contributed by atoms with Gasteiger partial charge in [0.2, 0.25) is 5.91 Å². The van der Waals surface area contributed by atoms with Crippen molar-refractivity contribution < 1.29 is 18.8 Å². The molecule has 2 aliphatic heterocycles. The molecule has 0 bridgehead atoms. The summed E-state index contributed by atoms with van der Waals surface area (Å²) in [6.07, 6.45) is 0. The lowest BCUT2D eigenvalue weighted by molar-refractivity contribution is -0.136. The third-order valence-corrected chi connectivity index (χ3v) is 5.17. The molecule has 1 aromatic heterocycles. The molecule has 1 aromatic carbocycles. The van der Waals surface area contributed by atoms with Gasteiger partial charge in [-0.2, -0.15) is 0 Å². The summed E-state index contributed by atoms with van der Waals surface area (Å²) in [6, 6.07) is 11.3. The quantitative estimate of drug-likeness (QED) is 0.781. The van der Waals surface area contributed by atoms with Gasteiger partial charge in [-0.1, -0.05) is 35.5 Å². The number of hydrogen-bond acceptors (Lipinski definition) is 6. The number of morpholine rings is 1. The Morgan fingerprint density at radius 1 is 0.929 bits per heavy atom. The first kappa shape index (κ1) is 18.6. The smallest absolute Gasteiger partial charge is 0.276 e. The minimum Gasteiger partial charge on any atom is -0.378 e. The largest absolute Gasteiger partial charge is 0.378 e. The lowest BCUT2D eigenvalue weighted by Crippen LogP contribution is -2.52. The number of ether oxygens (including phenoxy) is 1. The van der Waals surface area contributed by atoms with E-state index < -0.39 is 0 Å². The molecule has 2 amide bonds. The van der Waals surface area contributed by atoms with Crippen LogP contribution in [0.4, 0.5) is 0 Å². The highest BCUT2D eigenvalue weighted by Crippen LogP contribution is 2.20. The number of rotatable bonds is 4. The molecular weight excluding hydrogens is 360 g/mol. The molecule has 2 aromatic rings. The molecule has 0 atom stereocenters. The molecule has 8 heteroatoms. The number of carbonyl (C=O) groups is 2. The zero-order chi connectivity index (χ0) is 19.3. The van der Waals surface area contributed by atoms with E-state index in [0.29, 0.717) is 70.5 Å². The summed E-state index contributed by atoms with van der Waals surface area (Å²) in [7, 11) is 0. The first-order valence-corrected chi connectivity index (χ1v) is 9.60. The highest BCUT2D eigenvalue weighted by Gasteiger charge is 2.27. The highest BCUT2D eigenvalue weighted by atomic mass is 16.5. The van der Waals surface area contributed by atoms with Gasteiger partial charge in [0.1, 0.15) is 0 Å². The van der Waals surface area contributed by atoms with E-state index in [1.165, 1.54) is 0 Å². The van der Waals surface area contributed by atoms with Crippen LogP contribution in [-0.4, -0.2) is 90.7 Å². The van der Waals surface area contributed by atoms with Crippen molar-refractivity contribution in [3.63, 3.8) is 0 Å². The fraction of sp³-hybridized carbons (Fsp3) is 0.450. The fourth-order valence-electron chi connectivity index (χ4n) is 3.49. The number of aromatic nitrogens is 1. The maximum atomic E-state index is 12.7. The molecule has 8 nitrogen and oxygen atoms in total. The Bertz CT molecular complexity index is 809. The fourth-order valence-corrected chi connectivity index (χ4v) is 3.49. The average molecular weight is 384 g/mol. The van der Waals surface area contributed by atoms with Gasteiger partial charge in [0, 0.05) is 50.9 Å². The van der Waals surface area contributed by atoms with Crippen LogP contribution in [0.15, 0.2) is 40.9 Å². The Morgan fingerprint density at radius 2 is 1.64 bits per heavy atom. The molecule has 2 saturated heterocycles. The molecule has 28 heavy (non-hydrogen) atoms. The number of nitrogens with zero attached hydrogens (tertiary/aromatic N) is 4. The van der Waals surface area contributed by atoms with E-state index in [-0.39, 0.29) is 11.8 Å². The molecule has 3 heterocycles. The van der Waals surface area contributed by atoms with Crippen LogP contribution >= 0.6 is 0 Å². The van der Waals surface area contributed by atoms with E-state index >= 15 is 0 Å². The lowest BCUT2D eigenvalue weighted by atomic mass is 10.1. The van der Waals surface area contributed by atoms with Gasteiger partial charge in [-0.15, -0.1) is 0 Å². The van der Waals surface area contributed by atoms with Crippen molar-refractivity contribution in [3.8, 4) is 11.3 Å². The van der Waals surface area contributed by atoms with E-state index in [0.717, 1.165) is 5.56 Å². The molecule has 148 valence electrons. The molecule has 0 N–H and O–H groups in total. The predicted molar refractivity (Wildman–Crippen MR) is 102 cm³/mol. The summed E-state index contributed by atoms with van der Waals surface area (Å²) in [5.74, 6) is 0.580. The Kier molecular flexibility index (Phi) is 5.68. The molecule has 0 spiro atoms. The Hall–Kier alpha value is -2.71. The molecule has 0 radical (unpaired) electrons. The van der Waals surface area contributed by atoms with Gasteiger partial charge in [-0.25, -0.2) is 0 Å². The zero-order valence-corrected chi connectivity index (χ0v) is 15.7. The zero-order valence-electron chi connectivity index (χ0n) is 15.7. The Labute approximate surface area is 163 Å². The second-order valence-corrected chi connectivity index (χ2v) is 7.00. The van der Waals surface area contributed by atoms with E-state index in [1.54, 1.807) is 11.0 Å². The van der Waals surface area contributed by atoms with Gasteiger partial charge < -0.3 is 19.1 Å². The van der Waals surface area contributed by atoms with Crippen molar-refractivity contribution in [2.75, 3.05) is 59.0 Å². The van der Waals surface area contributed by atoms with Crippen LogP contribution in [0, 0.1) is 0 Å². The van der Waals surface area contributed by atoms with E-state index in [1.807, 2.05) is 35.2 Å². The summed E-state index contributed by atoms with van der Waals surface area (Å²) in [4.78, 5) is 30.8. The summed E-state index contributed by atoms with van der Waals surface area (Å²) >= 11 is 0. The van der Waals surface area contributed by atoms with Crippen LogP contribution in [-0.2, 0) is 9.53 Å². The maximum Gasteiger partial charge on any atom is 0.276 e. The molecule has 4 rings (SSSR count). The van der Waals surface area contributed by atoms with Crippen LogP contribution in [0.3, 0.4) is 0 Å². The predicted octanol–water partition coefficient (Wildman–Crippen LogP) is 0.958. The second-order valence-electron chi connectivity index (χ2n) is 7.00. The van der Waals surface area contributed by atoms with Crippen molar-refractivity contribution >= 4 is 11.8 Å². The highest BCUT2D eigenvalue weighted by molar-refractivity contribution is 5.93. The number of amides is 2. The van der Waals surface area contributed by atoms with E-state index in [9.17, 15) is 9.59 Å². The first-order chi connectivity index (χ1) is 13.7. The van der Waals surface area contributed by atoms with Crippen LogP contribution in [0.2, 0.25) is 0 Å². The number of hydrogen-bond donors (Lipinski definition) is 0. The van der Waals surface area contributed by atoms with Gasteiger partial charge in [0.05, 0.1) is 19.8 Å². The molecule has 0 saturated carbocycles. The summed E-state index contributed by atoms with van der Waals surface area (Å²) < 4.78 is 10.6. The van der Waals surface area contributed by atoms with Crippen molar-refractivity contribution in [2.45, 2.75) is 0 Å². The van der Waals surface area contributed by atoms with Crippen molar-refractivity contribution in [1.29, 1.82) is 0 Å². The minimum atomic E-state index is -0.134. The van der Waals surface area contributed by atoms with Crippen LogP contribution in [0.25, 0.3) is 11.3 Å². The van der Waals surface area contributed by atoms with Crippen LogP contribution in [0.5, 0.6) is 0 Å². The lowest BCUT2D eigenvalue weighted by Gasteiger charge is -2.35. The van der Waals surface area contributed by atoms with Gasteiger partial charge in [-0.05, 0) is 0 Å². The van der Waals surface area contributed by atoms with Gasteiger partial charge in [-0.3, -0.25) is 14.5 Å². The van der Waals surface area contributed by atoms with Gasteiger partial charge in [0.25, 0.3) is 5.91 Å². The van der Waals surface area contributed by atoms with Crippen molar-refractivity contribution in [1.82, 2.24) is 19.9 Å². The summed E-state index contributed by atoms with van der Waals surface area (Å²) in [5.41, 5.74) is 1.21. The molecular formula is C20H24N4O4. The molecule has 2 aliphatic rings.